The second kappa shape index (κ2) is 10.2. The summed E-state index contributed by atoms with van der Waals surface area (Å²) in [5, 5.41) is 21.5. The smallest absolute Gasteiger partial charge is 0.257 e. The van der Waals surface area contributed by atoms with E-state index in [1.165, 1.54) is 0 Å². The van der Waals surface area contributed by atoms with Crippen LogP contribution in [0.25, 0.3) is 0 Å². The van der Waals surface area contributed by atoms with Gasteiger partial charge in [0.15, 0.2) is 11.4 Å². The van der Waals surface area contributed by atoms with Crippen molar-refractivity contribution in [2.45, 2.75) is 76.7 Å². The van der Waals surface area contributed by atoms with Crippen molar-refractivity contribution < 1.29 is 24.3 Å². The zero-order valence-electron chi connectivity index (χ0n) is 22.4. The van der Waals surface area contributed by atoms with Crippen LogP contribution in [0.5, 0.6) is 0 Å². The third kappa shape index (κ3) is 4.54. The van der Waals surface area contributed by atoms with E-state index in [1.807, 2.05) is 15.8 Å². The number of piperidine rings is 2. The molecule has 2 atom stereocenters. The number of benzene rings is 1. The molecule has 0 spiro atoms. The monoisotopic (exact) mass is 568 g/mol. The number of imide groups is 1. The number of fused-ring (bicyclic) bond motifs is 1. The molecule has 11 nitrogen and oxygen atoms in total. The molecule has 1 aliphatic carbocycles. The molecule has 3 N–H and O–H groups in total. The Balaban J connectivity index is 1.12. The lowest BCUT2D eigenvalue weighted by molar-refractivity contribution is -0.147. The van der Waals surface area contributed by atoms with Gasteiger partial charge in [0.05, 0.1) is 6.04 Å². The van der Waals surface area contributed by atoms with E-state index in [0.29, 0.717) is 41.6 Å². The maximum absolute atomic E-state index is 13.1. The molecular formula is C28H33ClN6O5. The fourth-order valence-electron chi connectivity index (χ4n) is 6.37. The maximum Gasteiger partial charge on any atom is 0.257 e. The first-order chi connectivity index (χ1) is 19.2. The van der Waals surface area contributed by atoms with Crippen molar-refractivity contribution in [1.82, 2.24) is 24.9 Å². The average molecular weight is 569 g/mol. The fraction of sp³-hybridized carbons (Fsp3) is 0.536. The van der Waals surface area contributed by atoms with Crippen LogP contribution in [0.1, 0.15) is 85.6 Å². The number of anilines is 1. The van der Waals surface area contributed by atoms with Crippen molar-refractivity contribution in [3.05, 3.63) is 46.2 Å². The van der Waals surface area contributed by atoms with Gasteiger partial charge in [-0.05, 0) is 44.2 Å². The topological polar surface area (TPSA) is 137 Å². The van der Waals surface area contributed by atoms with E-state index in [-0.39, 0.29) is 36.1 Å². The van der Waals surface area contributed by atoms with Crippen LogP contribution >= 0.6 is 11.6 Å². The van der Waals surface area contributed by atoms with Gasteiger partial charge in [0.25, 0.3) is 5.91 Å². The molecule has 0 bridgehead atoms. The van der Waals surface area contributed by atoms with Crippen molar-refractivity contribution >= 4 is 40.9 Å². The largest absolute Gasteiger partial charge is 0.380 e. The second-order valence-corrected chi connectivity index (χ2v) is 11.9. The van der Waals surface area contributed by atoms with Crippen molar-refractivity contribution in [1.29, 1.82) is 0 Å². The summed E-state index contributed by atoms with van der Waals surface area (Å²) in [7, 11) is 0. The van der Waals surface area contributed by atoms with Crippen LogP contribution in [0.3, 0.4) is 0 Å². The van der Waals surface area contributed by atoms with Gasteiger partial charge in [0.1, 0.15) is 6.04 Å². The Morgan fingerprint density at radius 3 is 2.62 bits per heavy atom. The highest BCUT2D eigenvalue weighted by molar-refractivity contribution is 6.30. The minimum absolute atomic E-state index is 0.103. The Morgan fingerprint density at radius 2 is 1.95 bits per heavy atom. The maximum atomic E-state index is 13.1. The molecule has 212 valence electrons. The molecule has 12 heteroatoms. The molecule has 4 heterocycles. The van der Waals surface area contributed by atoms with Crippen LogP contribution in [0.2, 0.25) is 5.15 Å². The molecule has 4 aliphatic rings. The number of aromatic nitrogens is 2. The minimum Gasteiger partial charge on any atom is -0.380 e. The lowest BCUT2D eigenvalue weighted by atomic mass is 9.69. The molecular weight excluding hydrogens is 536 g/mol. The summed E-state index contributed by atoms with van der Waals surface area (Å²) < 4.78 is 1.88. The van der Waals surface area contributed by atoms with E-state index in [1.54, 1.807) is 18.2 Å². The molecule has 2 saturated heterocycles. The summed E-state index contributed by atoms with van der Waals surface area (Å²) in [6.07, 6.45) is 5.53. The van der Waals surface area contributed by atoms with E-state index in [0.717, 1.165) is 42.6 Å². The number of aliphatic hydroxyl groups excluding tert-OH is 1. The molecule has 1 aromatic carbocycles. The van der Waals surface area contributed by atoms with Gasteiger partial charge < -0.3 is 15.3 Å². The van der Waals surface area contributed by atoms with Gasteiger partial charge in [-0.2, -0.15) is 5.10 Å². The first kappa shape index (κ1) is 26.8. The number of likely N-dealkylation sites (tertiary alicyclic amines) is 1. The van der Waals surface area contributed by atoms with Gasteiger partial charge in [-0.25, -0.2) is 0 Å². The average Bonchev–Trinajstić information content (AvgIpc) is 3.42. The van der Waals surface area contributed by atoms with E-state index in [9.17, 15) is 24.3 Å². The fourth-order valence-corrected chi connectivity index (χ4v) is 6.58. The van der Waals surface area contributed by atoms with Gasteiger partial charge in [-0.3, -0.25) is 34.1 Å². The third-order valence-electron chi connectivity index (χ3n) is 8.96. The number of carbonyl (C=O) groups excluding carboxylic acids is 4. The highest BCUT2D eigenvalue weighted by Crippen LogP contribution is 2.43. The molecule has 6 rings (SSSR count). The minimum atomic E-state index is -1.33. The summed E-state index contributed by atoms with van der Waals surface area (Å²) in [6.45, 7) is 3.79. The Labute approximate surface area is 236 Å². The number of nitrogens with one attached hydrogen (secondary N) is 2. The highest BCUT2D eigenvalue weighted by Gasteiger charge is 2.45. The summed E-state index contributed by atoms with van der Waals surface area (Å²) >= 11 is 6.50. The normalized spacial score (nSPS) is 24.5. The zero-order valence-corrected chi connectivity index (χ0v) is 23.1. The van der Waals surface area contributed by atoms with Crippen molar-refractivity contribution in [2.24, 2.45) is 5.41 Å². The van der Waals surface area contributed by atoms with Crippen molar-refractivity contribution in [2.75, 3.05) is 18.4 Å². The summed E-state index contributed by atoms with van der Waals surface area (Å²) in [5.74, 6) is -1.16. The van der Waals surface area contributed by atoms with E-state index >= 15 is 0 Å². The van der Waals surface area contributed by atoms with Crippen LogP contribution in [-0.4, -0.2) is 67.4 Å². The van der Waals surface area contributed by atoms with Crippen LogP contribution in [0.4, 0.5) is 5.69 Å². The molecule has 2 aromatic rings. The molecule has 1 aromatic heterocycles. The summed E-state index contributed by atoms with van der Waals surface area (Å²) in [4.78, 5) is 53.2. The lowest BCUT2D eigenvalue weighted by Crippen LogP contribution is -2.53. The zero-order chi connectivity index (χ0) is 28.2. The standard InChI is InChI=1S/C28H33ClN6O5/c1-28(10-3-11-28)27(40)33-12-8-17(9-13-33)34-15-16(23(29)32-34)14-30-19-5-2-4-18-22(19)26(39)35(25(18)38)20-6-7-21(36)31-24(20)37/h2,4-5,15,17,20,26,30,39H,3,6-14H2,1H3,(H,31,36,37). The highest BCUT2D eigenvalue weighted by atomic mass is 35.5. The molecule has 4 amide bonds. The number of carbonyl (C=O) groups is 4. The van der Waals surface area contributed by atoms with E-state index in [4.69, 9.17) is 11.6 Å². The van der Waals surface area contributed by atoms with Crippen LogP contribution in [-0.2, 0) is 20.9 Å². The molecule has 3 fully saturated rings. The number of amides is 4. The molecule has 1 saturated carbocycles. The molecule has 0 radical (unpaired) electrons. The van der Waals surface area contributed by atoms with Crippen molar-refractivity contribution in [3.8, 4) is 0 Å². The first-order valence-electron chi connectivity index (χ1n) is 13.9. The predicted octanol–water partition coefficient (Wildman–Crippen LogP) is 2.75. The summed E-state index contributed by atoms with van der Waals surface area (Å²) in [6, 6.07) is 4.31. The van der Waals surface area contributed by atoms with Gasteiger partial charge in [-0.1, -0.05) is 31.0 Å². The number of aliphatic hydroxyl groups is 1. The Hall–Kier alpha value is -3.44. The van der Waals surface area contributed by atoms with E-state index in [2.05, 4.69) is 22.7 Å². The van der Waals surface area contributed by atoms with Crippen LogP contribution in [0.15, 0.2) is 24.4 Å². The van der Waals surface area contributed by atoms with Crippen molar-refractivity contribution in [3.63, 3.8) is 0 Å². The quantitative estimate of drug-likeness (QED) is 0.456. The van der Waals surface area contributed by atoms with Crippen LogP contribution < -0.4 is 10.6 Å². The number of rotatable bonds is 6. The van der Waals surface area contributed by atoms with Gasteiger partial charge >= 0.3 is 0 Å². The number of hydrogen-bond donors (Lipinski definition) is 3. The SMILES string of the molecule is CC1(C(=O)N2CCC(n3cc(CNc4cccc5c4C(O)N(C4CCC(=O)NC4=O)C5=O)c(Cl)n3)CC2)CCC1. The number of nitrogens with zero attached hydrogens (tertiary/aromatic N) is 4. The third-order valence-corrected chi connectivity index (χ3v) is 9.28. The predicted molar refractivity (Wildman–Crippen MR) is 145 cm³/mol. The Bertz CT molecular complexity index is 1380. The lowest BCUT2D eigenvalue weighted by Gasteiger charge is -2.43. The van der Waals surface area contributed by atoms with Crippen LogP contribution in [0, 0.1) is 5.41 Å². The van der Waals surface area contributed by atoms with Gasteiger partial charge in [-0.15, -0.1) is 0 Å². The van der Waals surface area contributed by atoms with E-state index < -0.39 is 24.1 Å². The van der Waals surface area contributed by atoms with Gasteiger partial charge in [0, 0.05) is 60.0 Å². The molecule has 3 aliphatic heterocycles. The molecule has 40 heavy (non-hydrogen) atoms. The number of halogens is 1. The Kier molecular flexibility index (Phi) is 6.82. The number of hydrogen-bond acceptors (Lipinski definition) is 7. The first-order valence-corrected chi connectivity index (χ1v) is 14.3. The van der Waals surface area contributed by atoms with Gasteiger partial charge in [0.2, 0.25) is 17.7 Å². The molecule has 2 unspecified atom stereocenters. The second-order valence-electron chi connectivity index (χ2n) is 11.5. The summed E-state index contributed by atoms with van der Waals surface area (Å²) in [5.41, 5.74) is 1.82. The Morgan fingerprint density at radius 1 is 1.20 bits per heavy atom.